The van der Waals surface area contributed by atoms with Crippen LogP contribution in [-0.4, -0.2) is 40.2 Å². The number of ketones is 1. The van der Waals surface area contributed by atoms with E-state index in [0.29, 0.717) is 19.8 Å². The molecule has 1 aromatic rings. The highest BCUT2D eigenvalue weighted by Gasteiger charge is 2.41. The van der Waals surface area contributed by atoms with Gasteiger partial charge in [0.15, 0.2) is 5.69 Å². The molecule has 0 aromatic carbocycles. The molecule has 17 heavy (non-hydrogen) atoms. The van der Waals surface area contributed by atoms with E-state index in [9.17, 15) is 18.0 Å². The summed E-state index contributed by atoms with van der Waals surface area (Å²) in [5.74, 6) is -1.75. The number of alkyl halides is 3. The topological polar surface area (TPSA) is 57.0 Å². The van der Waals surface area contributed by atoms with Crippen LogP contribution < -0.4 is 0 Å². The Morgan fingerprint density at radius 3 is 2.94 bits per heavy atom. The molecule has 1 unspecified atom stereocenters. The van der Waals surface area contributed by atoms with Crippen molar-refractivity contribution in [1.82, 2.24) is 15.0 Å². The van der Waals surface area contributed by atoms with Gasteiger partial charge in [-0.05, 0) is 6.42 Å². The van der Waals surface area contributed by atoms with Gasteiger partial charge in [0, 0.05) is 19.1 Å². The Morgan fingerprint density at radius 1 is 1.59 bits per heavy atom. The van der Waals surface area contributed by atoms with Gasteiger partial charge in [-0.2, -0.15) is 13.2 Å². The SMILES string of the molecule is O=C(c1cn(CC2CCOC2)nn1)C(F)(F)F. The summed E-state index contributed by atoms with van der Waals surface area (Å²) in [7, 11) is 0. The van der Waals surface area contributed by atoms with E-state index in [0.717, 1.165) is 12.6 Å². The van der Waals surface area contributed by atoms with Gasteiger partial charge in [0.05, 0.1) is 12.8 Å². The molecule has 1 aliphatic rings. The van der Waals surface area contributed by atoms with Crippen LogP contribution in [0.4, 0.5) is 13.2 Å². The van der Waals surface area contributed by atoms with E-state index in [4.69, 9.17) is 4.74 Å². The van der Waals surface area contributed by atoms with Crippen LogP contribution in [0.15, 0.2) is 6.20 Å². The van der Waals surface area contributed by atoms with E-state index in [1.807, 2.05) is 0 Å². The number of carbonyl (C=O) groups is 1. The highest BCUT2D eigenvalue weighted by Crippen LogP contribution is 2.20. The third-order valence-electron chi connectivity index (χ3n) is 2.50. The molecular weight excluding hydrogens is 239 g/mol. The first-order chi connectivity index (χ1) is 7.97. The second-order valence-electron chi connectivity index (χ2n) is 3.88. The summed E-state index contributed by atoms with van der Waals surface area (Å²) in [6, 6.07) is 0. The lowest BCUT2D eigenvalue weighted by Crippen LogP contribution is -2.23. The van der Waals surface area contributed by atoms with E-state index in [1.54, 1.807) is 0 Å². The molecule has 1 aliphatic heterocycles. The Morgan fingerprint density at radius 2 is 2.35 bits per heavy atom. The molecule has 0 N–H and O–H groups in total. The second kappa shape index (κ2) is 4.44. The lowest BCUT2D eigenvalue weighted by atomic mass is 10.1. The summed E-state index contributed by atoms with van der Waals surface area (Å²) >= 11 is 0. The number of rotatable bonds is 3. The quantitative estimate of drug-likeness (QED) is 0.751. The van der Waals surface area contributed by atoms with Crippen LogP contribution in [0.1, 0.15) is 16.9 Å². The van der Waals surface area contributed by atoms with Crippen LogP contribution in [0.25, 0.3) is 0 Å². The number of aromatic nitrogens is 3. The third kappa shape index (κ3) is 2.82. The molecule has 1 saturated heterocycles. The molecule has 94 valence electrons. The number of hydrogen-bond donors (Lipinski definition) is 0. The minimum absolute atomic E-state index is 0.213. The van der Waals surface area contributed by atoms with Gasteiger partial charge in [-0.25, -0.2) is 0 Å². The van der Waals surface area contributed by atoms with Gasteiger partial charge in [-0.3, -0.25) is 9.48 Å². The molecule has 2 rings (SSSR count). The maximum atomic E-state index is 12.1. The monoisotopic (exact) mass is 249 g/mol. The Hall–Kier alpha value is -1.44. The highest BCUT2D eigenvalue weighted by molar-refractivity contribution is 5.98. The molecule has 0 spiro atoms. The van der Waals surface area contributed by atoms with Crippen molar-refractivity contribution in [2.24, 2.45) is 5.92 Å². The van der Waals surface area contributed by atoms with E-state index in [-0.39, 0.29) is 5.92 Å². The minimum atomic E-state index is -4.91. The van der Waals surface area contributed by atoms with Gasteiger partial charge < -0.3 is 4.74 Å². The average Bonchev–Trinajstić information content (AvgIpc) is 2.87. The lowest BCUT2D eigenvalue weighted by Gasteiger charge is -2.05. The number of ether oxygens (including phenoxy) is 1. The summed E-state index contributed by atoms with van der Waals surface area (Å²) in [6.07, 6.45) is -3.05. The van der Waals surface area contributed by atoms with E-state index in [1.165, 1.54) is 4.68 Å². The van der Waals surface area contributed by atoms with Crippen molar-refractivity contribution in [3.63, 3.8) is 0 Å². The summed E-state index contributed by atoms with van der Waals surface area (Å²) in [6.45, 7) is 1.62. The summed E-state index contributed by atoms with van der Waals surface area (Å²) in [5, 5.41) is 6.73. The van der Waals surface area contributed by atoms with E-state index >= 15 is 0 Å². The molecule has 1 fully saturated rings. The molecular formula is C9H10F3N3O2. The van der Waals surface area contributed by atoms with Gasteiger partial charge >= 0.3 is 6.18 Å². The Labute approximate surface area is 94.5 Å². The minimum Gasteiger partial charge on any atom is -0.381 e. The Bertz CT molecular complexity index is 410. The van der Waals surface area contributed by atoms with Crippen molar-refractivity contribution in [2.45, 2.75) is 19.1 Å². The second-order valence-corrected chi connectivity index (χ2v) is 3.88. The predicted octanol–water partition coefficient (Wildman–Crippen LogP) is 1.06. The first kappa shape index (κ1) is 12.0. The molecule has 5 nitrogen and oxygen atoms in total. The van der Waals surface area contributed by atoms with Crippen LogP contribution in [0.3, 0.4) is 0 Å². The van der Waals surface area contributed by atoms with Gasteiger partial charge in [0.1, 0.15) is 0 Å². The largest absolute Gasteiger partial charge is 0.456 e. The Balaban J connectivity index is 2.02. The maximum Gasteiger partial charge on any atom is 0.456 e. The Kier molecular flexibility index (Phi) is 3.14. The zero-order valence-corrected chi connectivity index (χ0v) is 8.78. The summed E-state index contributed by atoms with van der Waals surface area (Å²) in [5.41, 5.74) is -0.670. The van der Waals surface area contributed by atoms with Crippen molar-refractivity contribution in [3.05, 3.63) is 11.9 Å². The van der Waals surface area contributed by atoms with Crippen LogP contribution >= 0.6 is 0 Å². The maximum absolute atomic E-state index is 12.1. The molecule has 1 atom stereocenters. The van der Waals surface area contributed by atoms with Crippen LogP contribution in [0.5, 0.6) is 0 Å². The molecule has 0 bridgehead atoms. The van der Waals surface area contributed by atoms with Gasteiger partial charge in [-0.1, -0.05) is 5.21 Å². The number of nitrogens with zero attached hydrogens (tertiary/aromatic N) is 3. The number of carbonyl (C=O) groups excluding carboxylic acids is 1. The van der Waals surface area contributed by atoms with Crippen molar-refractivity contribution < 1.29 is 22.7 Å². The average molecular weight is 249 g/mol. The fourth-order valence-electron chi connectivity index (χ4n) is 1.63. The summed E-state index contributed by atoms with van der Waals surface area (Å²) < 4.78 is 42.7. The third-order valence-corrected chi connectivity index (χ3v) is 2.50. The van der Waals surface area contributed by atoms with Crippen molar-refractivity contribution >= 4 is 5.78 Å². The molecule has 8 heteroatoms. The number of hydrogen-bond acceptors (Lipinski definition) is 4. The van der Waals surface area contributed by atoms with Crippen LogP contribution in [0, 0.1) is 5.92 Å². The van der Waals surface area contributed by atoms with Crippen molar-refractivity contribution in [3.8, 4) is 0 Å². The first-order valence-corrected chi connectivity index (χ1v) is 5.06. The highest BCUT2D eigenvalue weighted by atomic mass is 19.4. The molecule has 1 aromatic heterocycles. The van der Waals surface area contributed by atoms with Crippen LogP contribution in [-0.2, 0) is 11.3 Å². The smallest absolute Gasteiger partial charge is 0.381 e. The van der Waals surface area contributed by atoms with Crippen molar-refractivity contribution in [1.29, 1.82) is 0 Å². The molecule has 0 radical (unpaired) electrons. The molecule has 0 saturated carbocycles. The first-order valence-electron chi connectivity index (χ1n) is 5.06. The lowest BCUT2D eigenvalue weighted by molar-refractivity contribution is -0.0888. The zero-order valence-electron chi connectivity index (χ0n) is 8.78. The summed E-state index contributed by atoms with van der Waals surface area (Å²) in [4.78, 5) is 10.9. The van der Waals surface area contributed by atoms with Crippen molar-refractivity contribution in [2.75, 3.05) is 13.2 Å². The molecule has 0 aliphatic carbocycles. The fourth-order valence-corrected chi connectivity index (χ4v) is 1.63. The van der Waals surface area contributed by atoms with Gasteiger partial charge in [0.2, 0.25) is 0 Å². The standard InChI is InChI=1S/C9H10F3N3O2/c10-9(11,12)8(16)7-4-15(14-13-7)3-6-1-2-17-5-6/h4,6H,1-3,5H2. The van der Waals surface area contributed by atoms with E-state index in [2.05, 4.69) is 10.3 Å². The molecule has 2 heterocycles. The zero-order chi connectivity index (χ0) is 12.5. The normalized spacial score (nSPS) is 20.8. The number of halogens is 3. The predicted molar refractivity (Wildman–Crippen MR) is 49.3 cm³/mol. The molecule has 0 amide bonds. The van der Waals surface area contributed by atoms with Gasteiger partial charge in [-0.15, -0.1) is 5.10 Å². The van der Waals surface area contributed by atoms with Gasteiger partial charge in [0.25, 0.3) is 5.78 Å². The van der Waals surface area contributed by atoms with E-state index < -0.39 is 17.7 Å². The number of Topliss-reactive ketones (excluding diaryl/α,β-unsaturated/α-hetero) is 1. The fraction of sp³-hybridized carbons (Fsp3) is 0.667. The van der Waals surface area contributed by atoms with Crippen LogP contribution in [0.2, 0.25) is 0 Å².